The maximum atomic E-state index is 5.44. The van der Waals surface area contributed by atoms with Crippen molar-refractivity contribution in [3.63, 3.8) is 0 Å². The lowest BCUT2D eigenvalue weighted by Gasteiger charge is -2.23. The van der Waals surface area contributed by atoms with Crippen molar-refractivity contribution < 1.29 is 4.74 Å². The summed E-state index contributed by atoms with van der Waals surface area (Å²) in [4.78, 5) is 9.16. The van der Waals surface area contributed by atoms with E-state index in [-0.39, 0.29) is 0 Å². The molecule has 1 aromatic heterocycles. The molecule has 5 heteroatoms. The van der Waals surface area contributed by atoms with Crippen LogP contribution in [0.4, 0.5) is 5.82 Å². The van der Waals surface area contributed by atoms with Gasteiger partial charge < -0.3 is 10.1 Å². The van der Waals surface area contributed by atoms with Gasteiger partial charge in [0, 0.05) is 14.2 Å². The number of hydrogen-bond acceptors (Lipinski definition) is 4. The van der Waals surface area contributed by atoms with Crippen LogP contribution < -0.4 is 5.32 Å². The van der Waals surface area contributed by atoms with Crippen LogP contribution in [0.5, 0.6) is 0 Å². The topological polar surface area (TPSA) is 47.0 Å². The molecule has 0 aromatic carbocycles. The van der Waals surface area contributed by atoms with E-state index in [0.29, 0.717) is 11.7 Å². The maximum absolute atomic E-state index is 5.44. The number of anilines is 1. The van der Waals surface area contributed by atoms with Gasteiger partial charge in [0.25, 0.3) is 0 Å². The summed E-state index contributed by atoms with van der Waals surface area (Å²) in [6, 6.07) is 0. The second-order valence-corrected chi connectivity index (χ2v) is 5.79. The predicted molar refractivity (Wildman–Crippen MR) is 78.4 cm³/mol. The smallest absolute Gasteiger partial charge is 0.162 e. The number of nitrogens with zero attached hydrogens (tertiary/aromatic N) is 2. The molecule has 0 unspecified atom stereocenters. The minimum absolute atomic E-state index is 0.364. The molecule has 0 fully saturated rings. The number of nitrogens with one attached hydrogen (secondary N) is 1. The van der Waals surface area contributed by atoms with Crippen LogP contribution in [-0.2, 0) is 10.3 Å². The van der Waals surface area contributed by atoms with Crippen LogP contribution in [0.1, 0.15) is 45.1 Å². The number of ether oxygens (including phenoxy) is 1. The highest BCUT2D eigenvalue weighted by Crippen LogP contribution is 2.29. The van der Waals surface area contributed by atoms with E-state index in [0.717, 1.165) is 15.1 Å². The summed E-state index contributed by atoms with van der Waals surface area (Å²) in [5, 5.41) is 3.11. The van der Waals surface area contributed by atoms with E-state index in [2.05, 4.69) is 51.7 Å². The molecule has 0 atom stereocenters. The molecule has 0 saturated carbocycles. The van der Waals surface area contributed by atoms with Gasteiger partial charge in [-0.2, -0.15) is 0 Å². The fraction of sp³-hybridized carbons (Fsp3) is 0.667. The summed E-state index contributed by atoms with van der Waals surface area (Å²) in [5.74, 6) is 1.95. The van der Waals surface area contributed by atoms with E-state index < -0.39 is 5.60 Å². The number of aromatic nitrogens is 2. The van der Waals surface area contributed by atoms with Gasteiger partial charge in [0.1, 0.15) is 11.4 Å². The zero-order valence-corrected chi connectivity index (χ0v) is 13.4. The lowest BCUT2D eigenvalue weighted by atomic mass is 10.1. The van der Waals surface area contributed by atoms with E-state index in [1.54, 1.807) is 7.11 Å². The van der Waals surface area contributed by atoms with Gasteiger partial charge in [-0.3, -0.25) is 0 Å². The van der Waals surface area contributed by atoms with E-state index in [4.69, 9.17) is 4.74 Å². The summed E-state index contributed by atoms with van der Waals surface area (Å²) < 4.78 is 6.52. The highest BCUT2D eigenvalue weighted by atomic mass is 127. The molecule has 0 aliphatic rings. The van der Waals surface area contributed by atoms with Crippen molar-refractivity contribution in [2.24, 2.45) is 0 Å². The third-order valence-electron chi connectivity index (χ3n) is 2.71. The average molecular weight is 349 g/mol. The second-order valence-electron chi connectivity index (χ2n) is 4.71. The van der Waals surface area contributed by atoms with Gasteiger partial charge in [-0.1, -0.05) is 13.8 Å². The van der Waals surface area contributed by atoms with Crippen LogP contribution in [0.3, 0.4) is 0 Å². The Kier molecular flexibility index (Phi) is 4.71. The Morgan fingerprint density at radius 2 is 1.88 bits per heavy atom. The zero-order valence-electron chi connectivity index (χ0n) is 11.3. The first-order chi connectivity index (χ1) is 7.83. The molecule has 0 amide bonds. The molecule has 17 heavy (non-hydrogen) atoms. The molecule has 1 aromatic rings. The van der Waals surface area contributed by atoms with E-state index >= 15 is 0 Å². The van der Waals surface area contributed by atoms with Crippen molar-refractivity contribution in [2.75, 3.05) is 19.5 Å². The fourth-order valence-electron chi connectivity index (χ4n) is 1.37. The number of rotatable bonds is 4. The van der Waals surface area contributed by atoms with Gasteiger partial charge >= 0.3 is 0 Å². The molecular formula is C12H20IN3O. The predicted octanol–water partition coefficient (Wildman–Crippen LogP) is 3.13. The average Bonchev–Trinajstić information content (AvgIpc) is 2.28. The zero-order chi connectivity index (χ0) is 13.2. The SMILES string of the molecule is CNc1nc(C(C)(C)OC)nc(C(C)C)c1I. The Morgan fingerprint density at radius 1 is 1.29 bits per heavy atom. The third-order valence-corrected chi connectivity index (χ3v) is 3.77. The van der Waals surface area contributed by atoms with Gasteiger partial charge in [0.05, 0.1) is 9.26 Å². The van der Waals surface area contributed by atoms with Crippen molar-refractivity contribution in [1.82, 2.24) is 9.97 Å². The molecule has 1 heterocycles. The highest BCUT2D eigenvalue weighted by molar-refractivity contribution is 14.1. The van der Waals surface area contributed by atoms with Gasteiger partial charge in [-0.15, -0.1) is 0 Å². The van der Waals surface area contributed by atoms with Crippen molar-refractivity contribution in [1.29, 1.82) is 0 Å². The minimum atomic E-state index is -0.473. The molecule has 0 aliphatic heterocycles. The third kappa shape index (κ3) is 3.07. The number of hydrogen-bond donors (Lipinski definition) is 1. The standard InChI is InChI=1S/C12H20IN3O/c1-7(2)9-8(13)10(14-5)16-11(15-9)12(3,4)17-6/h7H,1-6H3,(H,14,15,16). The first-order valence-corrected chi connectivity index (χ1v) is 6.72. The van der Waals surface area contributed by atoms with Crippen molar-refractivity contribution in [2.45, 2.75) is 39.2 Å². The molecule has 96 valence electrons. The quantitative estimate of drug-likeness (QED) is 0.849. The number of methoxy groups -OCH3 is 1. The van der Waals surface area contributed by atoms with Crippen LogP contribution in [-0.4, -0.2) is 24.1 Å². The summed E-state index contributed by atoms with van der Waals surface area (Å²) in [7, 11) is 3.55. The lowest BCUT2D eigenvalue weighted by Crippen LogP contribution is -2.25. The Hall–Kier alpha value is -0.430. The molecule has 0 saturated heterocycles. The molecule has 1 rings (SSSR count). The summed E-state index contributed by atoms with van der Waals surface area (Å²) >= 11 is 2.28. The van der Waals surface area contributed by atoms with Crippen LogP contribution in [0.15, 0.2) is 0 Å². The first kappa shape index (κ1) is 14.6. The maximum Gasteiger partial charge on any atom is 0.162 e. The Balaban J connectivity index is 3.40. The monoisotopic (exact) mass is 349 g/mol. The van der Waals surface area contributed by atoms with E-state index in [9.17, 15) is 0 Å². The van der Waals surface area contributed by atoms with Crippen molar-refractivity contribution >= 4 is 28.4 Å². The molecular weight excluding hydrogens is 329 g/mol. The van der Waals surface area contributed by atoms with Gasteiger partial charge in [-0.25, -0.2) is 9.97 Å². The minimum Gasteiger partial charge on any atom is -0.372 e. The van der Waals surface area contributed by atoms with Crippen LogP contribution in [0, 0.1) is 3.57 Å². The fourth-order valence-corrected chi connectivity index (χ4v) is 2.51. The molecule has 1 N–H and O–H groups in total. The second kappa shape index (κ2) is 5.48. The number of halogens is 1. The van der Waals surface area contributed by atoms with Crippen LogP contribution >= 0.6 is 22.6 Å². The van der Waals surface area contributed by atoms with E-state index in [1.807, 2.05) is 20.9 Å². The molecule has 0 aliphatic carbocycles. The van der Waals surface area contributed by atoms with Crippen molar-refractivity contribution in [3.8, 4) is 0 Å². The Morgan fingerprint density at radius 3 is 2.29 bits per heavy atom. The summed E-state index contributed by atoms with van der Waals surface area (Å²) in [6.07, 6.45) is 0. The van der Waals surface area contributed by atoms with Crippen LogP contribution in [0.2, 0.25) is 0 Å². The van der Waals surface area contributed by atoms with Gasteiger partial charge in [0.2, 0.25) is 0 Å². The molecule has 0 bridgehead atoms. The normalized spacial score (nSPS) is 12.0. The molecule has 0 radical (unpaired) electrons. The lowest BCUT2D eigenvalue weighted by molar-refractivity contribution is 0.0113. The summed E-state index contributed by atoms with van der Waals surface area (Å²) in [5.41, 5.74) is 0.588. The molecule has 0 spiro atoms. The largest absolute Gasteiger partial charge is 0.372 e. The van der Waals surface area contributed by atoms with E-state index in [1.165, 1.54) is 0 Å². The van der Waals surface area contributed by atoms with Crippen LogP contribution in [0.25, 0.3) is 0 Å². The molecule has 4 nitrogen and oxygen atoms in total. The summed E-state index contributed by atoms with van der Waals surface area (Å²) in [6.45, 7) is 8.21. The highest BCUT2D eigenvalue weighted by Gasteiger charge is 2.26. The Labute approximate surface area is 117 Å². The Bertz CT molecular complexity index is 405. The van der Waals surface area contributed by atoms with Gasteiger partial charge in [0.15, 0.2) is 5.82 Å². The van der Waals surface area contributed by atoms with Gasteiger partial charge in [-0.05, 0) is 42.4 Å². The first-order valence-electron chi connectivity index (χ1n) is 5.64. The van der Waals surface area contributed by atoms with Crippen molar-refractivity contribution in [3.05, 3.63) is 15.1 Å².